The molecule has 0 aliphatic carbocycles. The van der Waals surface area contributed by atoms with Crippen LogP contribution in [-0.4, -0.2) is 41.3 Å². The highest BCUT2D eigenvalue weighted by atomic mass is 16.3. The molecule has 152 valence electrons. The van der Waals surface area contributed by atoms with Crippen LogP contribution in [0.4, 0.5) is 0 Å². The summed E-state index contributed by atoms with van der Waals surface area (Å²) < 4.78 is 0.669. The van der Waals surface area contributed by atoms with E-state index < -0.39 is 0 Å². The summed E-state index contributed by atoms with van der Waals surface area (Å²) in [6, 6.07) is 0. The quantitative estimate of drug-likeness (QED) is 0.196. The summed E-state index contributed by atoms with van der Waals surface area (Å²) in [7, 11) is 0. The average molecular weight is 366 g/mol. The van der Waals surface area contributed by atoms with Gasteiger partial charge in [0.2, 0.25) is 5.84 Å². The van der Waals surface area contributed by atoms with Gasteiger partial charge in [0.05, 0.1) is 19.5 Å². The van der Waals surface area contributed by atoms with Gasteiger partial charge in [-0.05, 0) is 19.8 Å². The molecule has 1 aliphatic heterocycles. The number of aliphatic imine (C=N–C) groups is 1. The molecule has 0 spiro atoms. The predicted octanol–water partition coefficient (Wildman–Crippen LogP) is 6.22. The van der Waals surface area contributed by atoms with Crippen molar-refractivity contribution in [1.29, 1.82) is 0 Å². The molecule has 0 aromatic rings. The average Bonchev–Trinajstić information content (AvgIpc) is 3.06. The Labute approximate surface area is 163 Å². The number of nitrogens with zero attached hydrogens (tertiary/aromatic N) is 2. The lowest BCUT2D eigenvalue weighted by molar-refractivity contribution is -0.882. The largest absolute Gasteiger partial charge is 0.345 e. The Bertz CT molecular complexity index is 403. The minimum atomic E-state index is -0.346. The number of aliphatic hydroxyl groups is 1. The number of hydrogen-bond donors (Lipinski definition) is 1. The van der Waals surface area contributed by atoms with E-state index in [0.29, 0.717) is 4.48 Å². The second kappa shape index (κ2) is 14.4. The van der Waals surface area contributed by atoms with Gasteiger partial charge in [-0.25, -0.2) is 4.99 Å². The highest BCUT2D eigenvalue weighted by Crippen LogP contribution is 2.21. The van der Waals surface area contributed by atoms with E-state index in [-0.39, 0.29) is 6.23 Å². The summed E-state index contributed by atoms with van der Waals surface area (Å²) in [6.07, 6.45) is 21.8. The van der Waals surface area contributed by atoms with E-state index in [4.69, 9.17) is 0 Å². The number of quaternary nitrogens is 1. The first-order chi connectivity index (χ1) is 12.7. The Morgan fingerprint density at radius 3 is 2.04 bits per heavy atom. The van der Waals surface area contributed by atoms with Crippen LogP contribution < -0.4 is 0 Å². The maximum Gasteiger partial charge on any atom is 0.204 e. The molecule has 3 nitrogen and oxygen atoms in total. The number of amidine groups is 1. The fraction of sp³-hybridized carbons (Fsp3) is 0.870. The maximum atomic E-state index is 10.2. The molecular formula is C23H45N2O+. The highest BCUT2D eigenvalue weighted by molar-refractivity contribution is 5.78. The molecule has 0 amide bonds. The van der Waals surface area contributed by atoms with Gasteiger partial charge in [0.1, 0.15) is 6.54 Å². The molecule has 1 rings (SSSR count). The van der Waals surface area contributed by atoms with Gasteiger partial charge < -0.3 is 5.11 Å². The van der Waals surface area contributed by atoms with E-state index >= 15 is 0 Å². The number of rotatable bonds is 16. The standard InChI is InChI=1S/C23H45N2O/c1-4-6-7-8-9-10-11-12-13-14-15-16-17-18-19-23-24-20-21-25(23,5-2)22(3)26/h17-18,22,26H,4-16,19-21H2,1-3H3/q+1/b18-17+. The fourth-order valence-corrected chi connectivity index (χ4v) is 4.11. The first-order valence-electron chi connectivity index (χ1n) is 11.4. The molecule has 0 aromatic carbocycles. The Balaban J connectivity index is 2.00. The smallest absolute Gasteiger partial charge is 0.204 e. The molecule has 1 aliphatic rings. The van der Waals surface area contributed by atoms with Gasteiger partial charge in [0.25, 0.3) is 0 Å². The first kappa shape index (κ1) is 23.4. The monoisotopic (exact) mass is 365 g/mol. The van der Waals surface area contributed by atoms with Crippen LogP contribution in [0.15, 0.2) is 17.1 Å². The van der Waals surface area contributed by atoms with Crippen molar-refractivity contribution in [3.05, 3.63) is 12.2 Å². The number of allylic oxidation sites excluding steroid dienone is 1. The molecule has 0 bridgehead atoms. The summed E-state index contributed by atoms with van der Waals surface area (Å²) in [4.78, 5) is 4.66. The van der Waals surface area contributed by atoms with Gasteiger partial charge in [-0.15, -0.1) is 0 Å². The zero-order chi connectivity index (χ0) is 19.1. The Hall–Kier alpha value is -0.670. The molecule has 2 atom stereocenters. The molecule has 1 heterocycles. The van der Waals surface area contributed by atoms with Crippen LogP contribution in [-0.2, 0) is 0 Å². The molecule has 0 radical (unpaired) electrons. The SMILES string of the molecule is CCCCCCCCCCCCC/C=C/CC1=NCC[N+]1(CC)C(C)O. The van der Waals surface area contributed by atoms with Crippen molar-refractivity contribution in [2.45, 2.75) is 110 Å². The van der Waals surface area contributed by atoms with E-state index in [0.717, 1.165) is 31.9 Å². The molecule has 2 unspecified atom stereocenters. The van der Waals surface area contributed by atoms with Crippen molar-refractivity contribution in [2.24, 2.45) is 4.99 Å². The van der Waals surface area contributed by atoms with Gasteiger partial charge in [-0.3, -0.25) is 4.48 Å². The third-order valence-electron chi connectivity index (χ3n) is 6.03. The maximum absolute atomic E-state index is 10.2. The van der Waals surface area contributed by atoms with Crippen LogP contribution in [0.5, 0.6) is 0 Å². The van der Waals surface area contributed by atoms with Crippen LogP contribution >= 0.6 is 0 Å². The van der Waals surface area contributed by atoms with Crippen LogP contribution in [0.3, 0.4) is 0 Å². The summed E-state index contributed by atoms with van der Waals surface area (Å²) >= 11 is 0. The lowest BCUT2D eigenvalue weighted by Crippen LogP contribution is -2.56. The fourth-order valence-electron chi connectivity index (χ4n) is 4.11. The second-order valence-corrected chi connectivity index (χ2v) is 8.00. The first-order valence-corrected chi connectivity index (χ1v) is 11.4. The molecule has 1 N–H and O–H groups in total. The predicted molar refractivity (Wildman–Crippen MR) is 114 cm³/mol. The third kappa shape index (κ3) is 8.35. The number of aliphatic hydroxyl groups excluding tert-OH is 1. The zero-order valence-corrected chi connectivity index (χ0v) is 17.9. The molecule has 3 heteroatoms. The number of hydrogen-bond acceptors (Lipinski definition) is 2. The van der Waals surface area contributed by atoms with Crippen molar-refractivity contribution in [2.75, 3.05) is 19.6 Å². The lowest BCUT2D eigenvalue weighted by Gasteiger charge is -2.35. The molecule has 0 saturated carbocycles. The Kier molecular flexibility index (Phi) is 12.9. The van der Waals surface area contributed by atoms with Crippen LogP contribution in [0.2, 0.25) is 0 Å². The number of unbranched alkanes of at least 4 members (excludes halogenated alkanes) is 11. The van der Waals surface area contributed by atoms with Gasteiger partial charge in [0, 0.05) is 6.92 Å². The van der Waals surface area contributed by atoms with Crippen molar-refractivity contribution in [3.63, 3.8) is 0 Å². The van der Waals surface area contributed by atoms with Gasteiger partial charge in [-0.1, -0.05) is 83.3 Å². The van der Waals surface area contributed by atoms with Crippen molar-refractivity contribution < 1.29 is 9.59 Å². The summed E-state index contributed by atoms with van der Waals surface area (Å²) in [6.45, 7) is 9.09. The zero-order valence-electron chi connectivity index (χ0n) is 17.9. The highest BCUT2D eigenvalue weighted by Gasteiger charge is 2.39. The molecule has 0 aromatic heterocycles. The molecular weight excluding hydrogens is 320 g/mol. The summed E-state index contributed by atoms with van der Waals surface area (Å²) in [5, 5.41) is 10.2. The van der Waals surface area contributed by atoms with Crippen LogP contribution in [0.25, 0.3) is 0 Å². The Morgan fingerprint density at radius 1 is 0.923 bits per heavy atom. The minimum Gasteiger partial charge on any atom is -0.345 e. The third-order valence-corrected chi connectivity index (χ3v) is 6.03. The normalized spacial score (nSPS) is 21.5. The van der Waals surface area contributed by atoms with E-state index in [1.807, 2.05) is 6.92 Å². The number of likely N-dealkylation sites (N-methyl/N-ethyl adjacent to an activating group) is 1. The minimum absolute atomic E-state index is 0.346. The van der Waals surface area contributed by atoms with Crippen LogP contribution in [0.1, 0.15) is 104 Å². The molecule has 26 heavy (non-hydrogen) atoms. The second-order valence-electron chi connectivity index (χ2n) is 8.00. The van der Waals surface area contributed by atoms with E-state index in [9.17, 15) is 5.11 Å². The summed E-state index contributed by atoms with van der Waals surface area (Å²) in [5.74, 6) is 1.16. The topological polar surface area (TPSA) is 32.6 Å². The van der Waals surface area contributed by atoms with E-state index in [2.05, 4.69) is 31.0 Å². The van der Waals surface area contributed by atoms with Crippen LogP contribution in [0, 0.1) is 0 Å². The molecule has 0 fully saturated rings. The van der Waals surface area contributed by atoms with Gasteiger partial charge in [-0.2, -0.15) is 0 Å². The molecule has 0 saturated heterocycles. The van der Waals surface area contributed by atoms with Gasteiger partial charge in [0.15, 0.2) is 6.23 Å². The van der Waals surface area contributed by atoms with Crippen molar-refractivity contribution >= 4 is 5.84 Å². The van der Waals surface area contributed by atoms with Gasteiger partial charge >= 0.3 is 0 Å². The lowest BCUT2D eigenvalue weighted by atomic mass is 10.1. The van der Waals surface area contributed by atoms with E-state index in [1.165, 1.54) is 77.0 Å². The van der Waals surface area contributed by atoms with E-state index in [1.54, 1.807) is 0 Å². The van der Waals surface area contributed by atoms with Crippen molar-refractivity contribution in [1.82, 2.24) is 0 Å². The Morgan fingerprint density at radius 2 is 1.50 bits per heavy atom. The van der Waals surface area contributed by atoms with Crippen molar-refractivity contribution in [3.8, 4) is 0 Å². The summed E-state index contributed by atoms with van der Waals surface area (Å²) in [5.41, 5.74) is 0.